The van der Waals surface area contributed by atoms with Crippen LogP contribution in [0, 0.1) is 6.92 Å². The van der Waals surface area contributed by atoms with E-state index in [4.69, 9.17) is 0 Å². The Morgan fingerprint density at radius 1 is 1.00 bits per heavy atom. The summed E-state index contributed by atoms with van der Waals surface area (Å²) < 4.78 is 27.9. The summed E-state index contributed by atoms with van der Waals surface area (Å²) in [6, 6.07) is 12.8. The average molecular weight is 413 g/mol. The molecule has 0 bridgehead atoms. The van der Waals surface area contributed by atoms with Crippen molar-refractivity contribution in [2.24, 2.45) is 0 Å². The number of sulfonamides is 1. The normalized spacial score (nSPS) is 18.9. The van der Waals surface area contributed by atoms with Crippen LogP contribution in [0.1, 0.15) is 50.5 Å². The van der Waals surface area contributed by atoms with E-state index in [2.05, 4.69) is 5.32 Å². The minimum atomic E-state index is -3.79. The van der Waals surface area contributed by atoms with Gasteiger partial charge in [-0.1, -0.05) is 61.9 Å². The number of benzene rings is 2. The minimum Gasteiger partial charge on any atom is -0.352 e. The molecule has 0 atom stereocenters. The molecule has 1 aliphatic heterocycles. The van der Waals surface area contributed by atoms with Gasteiger partial charge in [0.15, 0.2) is 0 Å². The lowest BCUT2D eigenvalue weighted by Crippen LogP contribution is -2.45. The van der Waals surface area contributed by atoms with Gasteiger partial charge in [-0.05, 0) is 38.0 Å². The van der Waals surface area contributed by atoms with Gasteiger partial charge in [-0.2, -0.15) is 0 Å². The van der Waals surface area contributed by atoms with Gasteiger partial charge in [-0.25, -0.2) is 8.42 Å². The lowest BCUT2D eigenvalue weighted by atomic mass is 9.97. The lowest BCUT2D eigenvalue weighted by Gasteiger charge is -2.32. The van der Waals surface area contributed by atoms with E-state index in [0.717, 1.165) is 36.8 Å². The number of nitrogens with zero attached hydrogens (tertiary/aromatic N) is 1. The molecule has 5 nitrogen and oxygen atoms in total. The van der Waals surface area contributed by atoms with Gasteiger partial charge in [-0.3, -0.25) is 9.10 Å². The first kappa shape index (κ1) is 20.0. The number of aryl methyl sites for hydroxylation is 1. The van der Waals surface area contributed by atoms with Crippen molar-refractivity contribution in [3.8, 4) is 11.1 Å². The number of nitrogens with one attached hydrogen (secondary N) is 1. The predicted molar refractivity (Wildman–Crippen MR) is 115 cm³/mol. The van der Waals surface area contributed by atoms with E-state index in [1.54, 1.807) is 18.2 Å². The van der Waals surface area contributed by atoms with Crippen molar-refractivity contribution in [1.82, 2.24) is 5.32 Å². The first-order chi connectivity index (χ1) is 14.0. The molecule has 2 aromatic carbocycles. The molecule has 154 valence electrons. The fourth-order valence-electron chi connectivity index (χ4n) is 4.42. The summed E-state index contributed by atoms with van der Waals surface area (Å²) in [6.07, 6.45) is 7.84. The maximum absolute atomic E-state index is 13.3. The fourth-order valence-corrected chi connectivity index (χ4v) is 6.07. The van der Waals surface area contributed by atoms with Gasteiger partial charge in [0.25, 0.3) is 10.0 Å². The quantitative estimate of drug-likeness (QED) is 0.813. The summed E-state index contributed by atoms with van der Waals surface area (Å²) >= 11 is 0. The standard InChI is InChI=1S/C23H28N2O3S/c1-17-13-14-21-20(15-17)19-11-7-8-12-22(19)29(27,28)25(21)16-23(26)24-18-9-5-3-2-4-6-10-18/h7-8,11-15,18H,2-6,9-10,16H2,1H3,(H,24,26). The Morgan fingerprint density at radius 2 is 1.69 bits per heavy atom. The third-order valence-corrected chi connectivity index (χ3v) is 7.74. The Labute approximate surface area is 173 Å². The molecular formula is C23H28N2O3S. The largest absolute Gasteiger partial charge is 0.352 e. The molecule has 1 N–H and O–H groups in total. The molecule has 1 heterocycles. The van der Waals surface area contributed by atoms with Crippen LogP contribution in [0.3, 0.4) is 0 Å². The molecule has 0 spiro atoms. The van der Waals surface area contributed by atoms with E-state index in [1.807, 2.05) is 31.2 Å². The van der Waals surface area contributed by atoms with Gasteiger partial charge >= 0.3 is 0 Å². The number of carbonyl (C=O) groups is 1. The van der Waals surface area contributed by atoms with Crippen molar-refractivity contribution in [3.63, 3.8) is 0 Å². The van der Waals surface area contributed by atoms with E-state index >= 15 is 0 Å². The number of hydrogen-bond acceptors (Lipinski definition) is 3. The van der Waals surface area contributed by atoms with Crippen molar-refractivity contribution in [2.75, 3.05) is 10.8 Å². The summed E-state index contributed by atoms with van der Waals surface area (Å²) in [4.78, 5) is 13.1. The van der Waals surface area contributed by atoms with Crippen molar-refractivity contribution in [1.29, 1.82) is 0 Å². The summed E-state index contributed by atoms with van der Waals surface area (Å²) in [5, 5.41) is 3.09. The molecule has 0 aromatic heterocycles. The van der Waals surface area contributed by atoms with Crippen molar-refractivity contribution in [2.45, 2.75) is 62.8 Å². The van der Waals surface area contributed by atoms with Crippen LogP contribution in [-0.2, 0) is 14.8 Å². The number of carbonyl (C=O) groups excluding carboxylic acids is 1. The highest BCUT2D eigenvalue weighted by atomic mass is 32.2. The van der Waals surface area contributed by atoms with Crippen LogP contribution in [0.2, 0.25) is 0 Å². The van der Waals surface area contributed by atoms with E-state index in [9.17, 15) is 13.2 Å². The maximum Gasteiger partial charge on any atom is 0.265 e. The zero-order valence-electron chi connectivity index (χ0n) is 16.9. The minimum absolute atomic E-state index is 0.139. The van der Waals surface area contributed by atoms with Crippen molar-refractivity contribution in [3.05, 3.63) is 48.0 Å². The van der Waals surface area contributed by atoms with E-state index in [0.29, 0.717) is 11.3 Å². The van der Waals surface area contributed by atoms with Gasteiger partial charge in [0.05, 0.1) is 10.6 Å². The molecule has 1 amide bonds. The zero-order valence-corrected chi connectivity index (χ0v) is 17.7. The number of fused-ring (bicyclic) bond motifs is 3. The van der Waals surface area contributed by atoms with Crippen LogP contribution in [0.4, 0.5) is 5.69 Å². The molecule has 29 heavy (non-hydrogen) atoms. The highest BCUT2D eigenvalue weighted by Gasteiger charge is 2.36. The molecule has 0 radical (unpaired) electrons. The van der Waals surface area contributed by atoms with Gasteiger partial charge in [0, 0.05) is 17.2 Å². The van der Waals surface area contributed by atoms with Crippen LogP contribution >= 0.6 is 0 Å². The SMILES string of the molecule is Cc1ccc2c(c1)-c1ccccc1S(=O)(=O)N2CC(=O)NC1CCCCCCC1. The summed E-state index contributed by atoms with van der Waals surface area (Å²) in [5.74, 6) is -0.231. The number of rotatable bonds is 3. The topological polar surface area (TPSA) is 66.5 Å². The molecule has 1 fully saturated rings. The molecular weight excluding hydrogens is 384 g/mol. The van der Waals surface area contributed by atoms with Crippen molar-refractivity contribution >= 4 is 21.6 Å². The molecule has 2 aliphatic rings. The lowest BCUT2D eigenvalue weighted by molar-refractivity contribution is -0.120. The van der Waals surface area contributed by atoms with Crippen LogP contribution < -0.4 is 9.62 Å². The van der Waals surface area contributed by atoms with Crippen LogP contribution in [-0.4, -0.2) is 26.9 Å². The summed E-state index contributed by atoms with van der Waals surface area (Å²) in [6.45, 7) is 1.79. The fraction of sp³-hybridized carbons (Fsp3) is 0.435. The average Bonchev–Trinajstić information content (AvgIpc) is 2.67. The van der Waals surface area contributed by atoms with E-state index in [1.165, 1.54) is 23.6 Å². The number of hydrogen-bond donors (Lipinski definition) is 1. The summed E-state index contributed by atoms with van der Waals surface area (Å²) in [5.41, 5.74) is 3.18. The Bertz CT molecular complexity index is 1010. The van der Waals surface area contributed by atoms with Crippen LogP contribution in [0.25, 0.3) is 11.1 Å². The number of amides is 1. The maximum atomic E-state index is 13.3. The molecule has 0 saturated heterocycles. The molecule has 0 unspecified atom stereocenters. The Balaban J connectivity index is 1.62. The molecule has 4 rings (SSSR count). The highest BCUT2D eigenvalue weighted by molar-refractivity contribution is 7.93. The predicted octanol–water partition coefficient (Wildman–Crippen LogP) is 4.40. The van der Waals surface area contributed by atoms with Gasteiger partial charge < -0.3 is 5.32 Å². The molecule has 1 aliphatic carbocycles. The number of anilines is 1. The smallest absolute Gasteiger partial charge is 0.265 e. The second-order valence-electron chi connectivity index (χ2n) is 8.14. The van der Waals surface area contributed by atoms with Gasteiger partial charge in [0.1, 0.15) is 6.54 Å². The second-order valence-corrected chi connectivity index (χ2v) is 9.97. The zero-order chi connectivity index (χ0) is 20.4. The van der Waals surface area contributed by atoms with Gasteiger partial charge in [0.2, 0.25) is 5.91 Å². The summed E-state index contributed by atoms with van der Waals surface area (Å²) in [7, 11) is -3.79. The monoisotopic (exact) mass is 412 g/mol. The molecule has 2 aromatic rings. The molecule has 1 saturated carbocycles. The van der Waals surface area contributed by atoms with Crippen molar-refractivity contribution < 1.29 is 13.2 Å². The van der Waals surface area contributed by atoms with Crippen LogP contribution in [0.15, 0.2) is 47.4 Å². The Morgan fingerprint density at radius 3 is 2.45 bits per heavy atom. The Hall–Kier alpha value is -2.34. The van der Waals surface area contributed by atoms with E-state index in [-0.39, 0.29) is 23.4 Å². The van der Waals surface area contributed by atoms with E-state index < -0.39 is 10.0 Å². The second kappa shape index (κ2) is 8.19. The third-order valence-electron chi connectivity index (χ3n) is 5.92. The van der Waals surface area contributed by atoms with Gasteiger partial charge in [-0.15, -0.1) is 0 Å². The highest BCUT2D eigenvalue weighted by Crippen LogP contribution is 2.43. The third kappa shape index (κ3) is 4.04. The first-order valence-electron chi connectivity index (χ1n) is 10.5. The first-order valence-corrected chi connectivity index (χ1v) is 11.9. The van der Waals surface area contributed by atoms with Crippen LogP contribution in [0.5, 0.6) is 0 Å². The Kier molecular flexibility index (Phi) is 5.63. The molecule has 6 heteroatoms.